The maximum Gasteiger partial charge on any atom is 0.330 e. The first-order valence-electron chi connectivity index (χ1n) is 34.6. The fourth-order valence-electron chi connectivity index (χ4n) is 13.8. The highest BCUT2D eigenvalue weighted by molar-refractivity contribution is 6.32. The number of furan rings is 1. The number of carboxylic acids is 1. The van der Waals surface area contributed by atoms with E-state index in [4.69, 9.17) is 67.5 Å². The second-order valence-corrected chi connectivity index (χ2v) is 28.8. The van der Waals surface area contributed by atoms with Crippen molar-refractivity contribution in [1.29, 1.82) is 0 Å². The van der Waals surface area contributed by atoms with E-state index >= 15 is 14.4 Å². The van der Waals surface area contributed by atoms with Crippen LogP contribution in [0.15, 0.2) is 114 Å². The van der Waals surface area contributed by atoms with Crippen LogP contribution >= 0.6 is 23.2 Å². The van der Waals surface area contributed by atoms with Crippen LogP contribution in [-0.2, 0) is 59.1 Å². The number of nitrogens with two attached hydrogens (primary N) is 2. The van der Waals surface area contributed by atoms with Crippen molar-refractivity contribution in [3.63, 3.8) is 0 Å². The number of carbonyl (C=O) groups excluding carboxylic acids is 7. The molecule has 110 heavy (non-hydrogen) atoms. The average Bonchev–Trinajstić information content (AvgIpc) is 0.837. The first kappa shape index (κ1) is 79.1. The fourth-order valence-corrected chi connectivity index (χ4v) is 14.3. The van der Waals surface area contributed by atoms with Crippen LogP contribution in [0.3, 0.4) is 0 Å². The number of rotatable bonds is 15. The van der Waals surface area contributed by atoms with Crippen LogP contribution < -0.4 is 62.9 Å². The molecule has 11 bridgehead atoms. The Balaban J connectivity index is 1.06. The minimum absolute atomic E-state index is 0.0695. The van der Waals surface area contributed by atoms with Crippen LogP contribution in [0.25, 0.3) is 22.1 Å². The van der Waals surface area contributed by atoms with Gasteiger partial charge in [0.2, 0.25) is 53.4 Å². The molecule has 1 aromatic heterocycles. The number of para-hydroxylation sites is 1. The van der Waals surface area contributed by atoms with Crippen molar-refractivity contribution in [3.8, 4) is 57.1 Å². The van der Waals surface area contributed by atoms with Gasteiger partial charge in [0.15, 0.2) is 29.9 Å². The smallest absolute Gasteiger partial charge is 0.330 e. The summed E-state index contributed by atoms with van der Waals surface area (Å²) in [6.45, 7) is 5.86. The fraction of sp³-hybridized carbons (Fsp3) is 0.378. The number of halogens is 2. The predicted octanol–water partition coefficient (Wildman–Crippen LogP) is 2.42. The Morgan fingerprint density at radius 3 is 1.97 bits per heavy atom. The second-order valence-electron chi connectivity index (χ2n) is 28.0. The largest absolute Gasteiger partial charge is 0.508 e. The highest BCUT2D eigenvalue weighted by Crippen LogP contribution is 2.50. The van der Waals surface area contributed by atoms with E-state index in [2.05, 4.69) is 37.2 Å². The summed E-state index contributed by atoms with van der Waals surface area (Å²) in [5.41, 5.74) is 8.44. The number of nitrogens with one attached hydrogen (secondary N) is 7. The first-order valence-corrected chi connectivity index (χ1v) is 35.4. The third kappa shape index (κ3) is 16.5. The predicted molar refractivity (Wildman–Crippen MR) is 383 cm³/mol. The molecule has 7 amide bonds. The number of benzene rings is 6. The Labute approximate surface area is 634 Å². The second kappa shape index (κ2) is 32.2. The number of aliphatic hydroxyl groups excluding tert-OH is 6. The monoisotopic (exact) mass is 1560 g/mol. The summed E-state index contributed by atoms with van der Waals surface area (Å²) in [7, 11) is 0. The number of aliphatic hydroxyl groups is 6. The van der Waals surface area contributed by atoms with Gasteiger partial charge in [-0.1, -0.05) is 73.4 Å². The van der Waals surface area contributed by atoms with Crippen molar-refractivity contribution < 1.29 is 122 Å². The highest BCUT2D eigenvalue weighted by Gasteiger charge is 2.52. The molecule has 0 saturated carbocycles. The lowest BCUT2D eigenvalue weighted by atomic mass is 9.85. The van der Waals surface area contributed by atoms with Gasteiger partial charge in [0.25, 0.3) is 0 Å². The minimum atomic E-state index is -2.37. The SMILES string of the molecule is CC(C)C[C@@H](N)C(=O)N[C@H]1C(=O)N[C@@H](CC(N)=O)C(=O)N[C@H]2C(=O)N[C@H]3C(=O)N[C@H](C(=O)N[C@H](C(=O)O)c4cc(O)cc(O)c4-c4cc3ccc4O)[C@H](O)c3ccc(c(Cl)c3)Oc3cc2cc(c3O[C@@H]2O[C@H](CO)[C@@H](O)[C@H](O)[C@H]2O[C@H]2C[C@](C)(NCc3cc4ccccc4o3)[C@H](O)[C@H](C)O2)Oc2ccc(cc2Cl)[C@H]1O. The lowest BCUT2D eigenvalue weighted by molar-refractivity contribution is -0.334. The van der Waals surface area contributed by atoms with E-state index < -0.39 is 237 Å². The van der Waals surface area contributed by atoms with Crippen molar-refractivity contribution in [2.45, 2.75) is 163 Å². The van der Waals surface area contributed by atoms with Gasteiger partial charge in [-0.05, 0) is 115 Å². The molecule has 21 N–H and O–H groups in total. The van der Waals surface area contributed by atoms with E-state index in [9.17, 15) is 75.0 Å². The molecule has 18 atom stereocenters. The summed E-state index contributed by atoms with van der Waals surface area (Å²) in [4.78, 5) is 117. The lowest BCUT2D eigenvalue weighted by Crippen LogP contribution is -2.65. The summed E-state index contributed by atoms with van der Waals surface area (Å²) in [6.07, 6.45) is -18.9. The lowest BCUT2D eigenvalue weighted by Gasteiger charge is -2.48. The van der Waals surface area contributed by atoms with E-state index in [0.717, 1.165) is 72.1 Å². The average molecular weight is 1570 g/mol. The summed E-state index contributed by atoms with van der Waals surface area (Å²) >= 11 is 14.2. The first-order chi connectivity index (χ1) is 52.2. The number of ether oxygens (including phenoxy) is 6. The molecule has 2 saturated heterocycles. The van der Waals surface area contributed by atoms with Crippen molar-refractivity contribution in [2.75, 3.05) is 6.61 Å². The number of amides is 7. The molecule has 584 valence electrons. The Kier molecular flexibility index (Phi) is 23.2. The number of hydrogen-bond donors (Lipinski definition) is 19. The molecule has 2 fully saturated rings. The Morgan fingerprint density at radius 2 is 1.34 bits per heavy atom. The Morgan fingerprint density at radius 1 is 0.700 bits per heavy atom. The Bertz CT molecular complexity index is 4730. The van der Waals surface area contributed by atoms with Gasteiger partial charge in [-0.15, -0.1) is 0 Å². The quantitative estimate of drug-likeness (QED) is 0.0701. The maximum atomic E-state index is 16.1. The van der Waals surface area contributed by atoms with Crippen molar-refractivity contribution in [2.24, 2.45) is 17.4 Å². The van der Waals surface area contributed by atoms with Crippen LogP contribution in [0.4, 0.5) is 0 Å². The number of aromatic hydroxyl groups is 3. The van der Waals surface area contributed by atoms with Crippen LogP contribution in [0.2, 0.25) is 10.0 Å². The van der Waals surface area contributed by atoms with E-state index in [1.54, 1.807) is 39.8 Å². The molecule has 7 aliphatic rings. The van der Waals surface area contributed by atoms with E-state index in [1.165, 1.54) is 12.1 Å². The summed E-state index contributed by atoms with van der Waals surface area (Å²) in [5, 5.41) is 134. The van der Waals surface area contributed by atoms with Gasteiger partial charge < -0.3 is 133 Å². The minimum Gasteiger partial charge on any atom is -0.508 e. The number of fused-ring (bicyclic) bond motifs is 16. The van der Waals surface area contributed by atoms with Gasteiger partial charge in [0.05, 0.1) is 47.9 Å². The van der Waals surface area contributed by atoms with Gasteiger partial charge >= 0.3 is 5.97 Å². The topological polar surface area (TPSA) is 544 Å². The number of primary amides is 1. The van der Waals surface area contributed by atoms with Crippen LogP contribution in [-0.4, -0.2) is 184 Å². The molecule has 8 heterocycles. The Hall–Kier alpha value is -10.4. The molecule has 0 spiro atoms. The third-order valence-electron chi connectivity index (χ3n) is 19.6. The normalized spacial score (nSPS) is 28.0. The van der Waals surface area contributed by atoms with Gasteiger partial charge in [-0.25, -0.2) is 4.79 Å². The number of aliphatic carboxylic acids is 1. The molecule has 14 rings (SSSR count). The molecule has 0 radical (unpaired) electrons. The van der Waals surface area contributed by atoms with Crippen LogP contribution in [0.1, 0.15) is 111 Å². The number of carboxylic acid groups (broad SMARTS) is 1. The standard InChI is InChI=1S/C74H79Cl2N9O25/c1-28(2)15-41(77)66(96)84-57-59(91)32-10-13-46(39(75)18-32)106-48-20-34-21-49(63(48)110-73-64(62(94)61(93)50(27-86)108-73)109-52-25-74(4,65(95)29(3)104-52)79-26-36-16-30-7-5-6-8-45(30)105-36)107-47-14-11-33(19-40(47)76)60(92)58-71(101)83-56(72(102)103)38-22-35(87)23-44(89)53(38)37-17-31(9-12-43(37)88)54(68(98)85-58)82-69(99)55(34)81-67(97)42(24-51(78)90)80-70(57)100/h5-14,16-23,28-29,41-42,50,52,54-62,64-65,73,79,86-89,91-95H,15,24-27,77H2,1-4H3,(H2,78,90)(H,80,100)(H,81,97)(H,82,99)(H,83,101)(H,84,96)(H,85,98)(H,102,103)/t29-,41+,42-,50+,52-,54+,55+,56-,57+,58-,59+,60+,61+,62-,64+,65+,73-,74-/m0/s1. The molecule has 34 nitrogen and oxygen atoms in total. The van der Waals surface area contributed by atoms with Gasteiger partial charge in [0.1, 0.15) is 101 Å². The van der Waals surface area contributed by atoms with Crippen LogP contribution in [0.5, 0.6) is 46.0 Å². The van der Waals surface area contributed by atoms with Gasteiger partial charge in [-0.3, -0.25) is 33.6 Å². The zero-order chi connectivity index (χ0) is 79.2. The molecule has 7 aromatic rings. The summed E-state index contributed by atoms with van der Waals surface area (Å²) < 4.78 is 45.3. The van der Waals surface area contributed by atoms with Crippen molar-refractivity contribution in [3.05, 3.63) is 153 Å². The highest BCUT2D eigenvalue weighted by atomic mass is 35.5. The maximum absolute atomic E-state index is 16.1. The molecule has 0 aliphatic carbocycles. The molecule has 7 aliphatic heterocycles. The number of phenolic OH excluding ortho intramolecular Hbond substituents is 3. The summed E-state index contributed by atoms with van der Waals surface area (Å²) in [6, 6.07) is 7.96. The van der Waals surface area contributed by atoms with Crippen molar-refractivity contribution in [1.82, 2.24) is 37.2 Å². The van der Waals surface area contributed by atoms with Crippen LogP contribution in [0, 0.1) is 5.92 Å². The van der Waals surface area contributed by atoms with E-state index in [0.29, 0.717) is 11.3 Å². The van der Waals surface area contributed by atoms with Crippen molar-refractivity contribution >= 4 is 81.5 Å². The third-order valence-corrected chi connectivity index (χ3v) is 20.2. The molecule has 36 heteroatoms. The molecule has 6 aromatic carbocycles. The molecular formula is C74H79Cl2N9O25. The van der Waals surface area contributed by atoms with E-state index in [-0.39, 0.29) is 52.8 Å². The molecule has 0 unspecified atom stereocenters. The van der Waals surface area contributed by atoms with Gasteiger partial charge in [0, 0.05) is 40.1 Å². The van der Waals surface area contributed by atoms with Gasteiger partial charge in [-0.2, -0.15) is 0 Å². The number of carbonyl (C=O) groups is 8. The zero-order valence-electron chi connectivity index (χ0n) is 58.8. The summed E-state index contributed by atoms with van der Waals surface area (Å²) in [5.74, 6) is -15.9. The number of hydrogen-bond acceptors (Lipinski definition) is 26. The molecular weight excluding hydrogens is 1490 g/mol. The zero-order valence-corrected chi connectivity index (χ0v) is 60.3. The van der Waals surface area contributed by atoms with E-state index in [1.807, 2.05) is 18.2 Å². The number of phenols is 3.